The molecule has 0 saturated carbocycles. The maximum absolute atomic E-state index is 12.1. The van der Waals surface area contributed by atoms with Crippen LogP contribution in [0, 0.1) is 19.8 Å². The molecule has 2 aromatic carbocycles. The van der Waals surface area contributed by atoms with Gasteiger partial charge in [-0.2, -0.15) is 0 Å². The SMILES string of the molecule is Cc1cc(NC(=O)COC(=O)CCCC(=O)Nc2ccc(C(=O)OCC(C)C)cc2)c(C)cc1Br. The summed E-state index contributed by atoms with van der Waals surface area (Å²) in [5, 5.41) is 5.44. The van der Waals surface area contributed by atoms with Crippen molar-refractivity contribution in [3.8, 4) is 0 Å². The number of benzene rings is 2. The summed E-state index contributed by atoms with van der Waals surface area (Å²) in [5.41, 5.74) is 3.45. The molecular weight excluding hydrogens is 516 g/mol. The highest BCUT2D eigenvalue weighted by Crippen LogP contribution is 2.24. The van der Waals surface area contributed by atoms with Crippen LogP contribution in [0.25, 0.3) is 0 Å². The third-order valence-electron chi connectivity index (χ3n) is 4.88. The van der Waals surface area contributed by atoms with Gasteiger partial charge in [0, 0.05) is 28.7 Å². The van der Waals surface area contributed by atoms with Crippen LogP contribution >= 0.6 is 15.9 Å². The molecule has 8 nitrogen and oxygen atoms in total. The summed E-state index contributed by atoms with van der Waals surface area (Å²) in [6, 6.07) is 10.1. The minimum Gasteiger partial charge on any atom is -0.462 e. The zero-order valence-electron chi connectivity index (χ0n) is 20.4. The Labute approximate surface area is 213 Å². The zero-order valence-corrected chi connectivity index (χ0v) is 22.0. The van der Waals surface area contributed by atoms with Gasteiger partial charge in [-0.15, -0.1) is 0 Å². The topological polar surface area (TPSA) is 111 Å². The first kappa shape index (κ1) is 28.0. The smallest absolute Gasteiger partial charge is 0.338 e. The molecule has 0 aliphatic rings. The van der Waals surface area contributed by atoms with Crippen LogP contribution in [0.2, 0.25) is 0 Å². The molecule has 0 aliphatic heterocycles. The number of carbonyl (C=O) groups is 4. The zero-order chi connectivity index (χ0) is 26.0. The van der Waals surface area contributed by atoms with E-state index in [1.54, 1.807) is 24.3 Å². The summed E-state index contributed by atoms with van der Waals surface area (Å²) in [6.45, 7) is 7.63. The Bertz CT molecular complexity index is 1070. The van der Waals surface area contributed by atoms with Crippen LogP contribution < -0.4 is 10.6 Å². The highest BCUT2D eigenvalue weighted by Gasteiger charge is 2.12. The van der Waals surface area contributed by atoms with E-state index in [2.05, 4.69) is 26.6 Å². The molecule has 0 unspecified atom stereocenters. The Morgan fingerprint density at radius 2 is 1.57 bits per heavy atom. The van der Waals surface area contributed by atoms with Gasteiger partial charge in [0.25, 0.3) is 5.91 Å². The van der Waals surface area contributed by atoms with Gasteiger partial charge >= 0.3 is 11.9 Å². The van der Waals surface area contributed by atoms with E-state index < -0.39 is 24.5 Å². The van der Waals surface area contributed by atoms with Crippen molar-refractivity contribution in [3.63, 3.8) is 0 Å². The fraction of sp³-hybridized carbons (Fsp3) is 0.385. The Morgan fingerprint density at radius 1 is 0.886 bits per heavy atom. The first-order valence-corrected chi connectivity index (χ1v) is 12.1. The first-order chi connectivity index (χ1) is 16.5. The van der Waals surface area contributed by atoms with Crippen molar-refractivity contribution in [1.29, 1.82) is 0 Å². The summed E-state index contributed by atoms with van der Waals surface area (Å²) in [7, 11) is 0. The van der Waals surface area contributed by atoms with E-state index in [1.807, 2.05) is 39.8 Å². The predicted molar refractivity (Wildman–Crippen MR) is 137 cm³/mol. The maximum atomic E-state index is 12.1. The molecule has 2 aromatic rings. The van der Waals surface area contributed by atoms with Crippen molar-refractivity contribution in [2.24, 2.45) is 5.92 Å². The molecule has 2 N–H and O–H groups in total. The highest BCUT2D eigenvalue weighted by atomic mass is 79.9. The molecule has 0 fully saturated rings. The monoisotopic (exact) mass is 546 g/mol. The van der Waals surface area contributed by atoms with Crippen LogP contribution in [0.3, 0.4) is 0 Å². The number of hydrogen-bond donors (Lipinski definition) is 2. The van der Waals surface area contributed by atoms with Crippen LogP contribution in [0.5, 0.6) is 0 Å². The molecule has 35 heavy (non-hydrogen) atoms. The number of ether oxygens (including phenoxy) is 2. The van der Waals surface area contributed by atoms with Gasteiger partial charge < -0.3 is 20.1 Å². The number of amides is 2. The lowest BCUT2D eigenvalue weighted by Crippen LogP contribution is -2.21. The van der Waals surface area contributed by atoms with Gasteiger partial charge in [0.15, 0.2) is 6.61 Å². The minimum atomic E-state index is -0.555. The van der Waals surface area contributed by atoms with Crippen LogP contribution in [-0.2, 0) is 23.9 Å². The van der Waals surface area contributed by atoms with E-state index in [0.29, 0.717) is 23.5 Å². The Balaban J connectivity index is 1.68. The van der Waals surface area contributed by atoms with Crippen molar-refractivity contribution in [3.05, 3.63) is 57.6 Å². The molecule has 0 aromatic heterocycles. The standard InChI is InChI=1S/C26H31BrN2O6/c1-16(2)14-35-26(33)19-8-10-20(11-9-19)28-23(30)6-5-7-25(32)34-15-24(31)29-22-13-17(3)21(27)12-18(22)4/h8-13,16H,5-7,14-15H2,1-4H3,(H,28,30)(H,29,31). The summed E-state index contributed by atoms with van der Waals surface area (Å²) < 4.78 is 11.1. The molecule has 188 valence electrons. The molecular formula is C26H31BrN2O6. The third-order valence-corrected chi connectivity index (χ3v) is 5.74. The Kier molecular flexibility index (Phi) is 10.9. The molecule has 0 saturated heterocycles. The van der Waals surface area contributed by atoms with Crippen LogP contribution in [0.4, 0.5) is 11.4 Å². The molecule has 0 bridgehead atoms. The average molecular weight is 547 g/mol. The summed E-state index contributed by atoms with van der Waals surface area (Å²) in [6.07, 6.45) is 0.394. The van der Waals surface area contributed by atoms with Gasteiger partial charge in [-0.1, -0.05) is 29.8 Å². The van der Waals surface area contributed by atoms with Crippen molar-refractivity contribution < 1.29 is 28.7 Å². The van der Waals surface area contributed by atoms with Crippen molar-refractivity contribution in [2.45, 2.75) is 47.0 Å². The number of halogens is 1. The van der Waals surface area contributed by atoms with Gasteiger partial charge in [-0.25, -0.2) is 4.79 Å². The fourth-order valence-electron chi connectivity index (χ4n) is 2.95. The molecule has 0 atom stereocenters. The number of carbonyl (C=O) groups excluding carboxylic acids is 4. The Morgan fingerprint density at radius 3 is 2.23 bits per heavy atom. The van der Waals surface area contributed by atoms with Gasteiger partial charge in [0.1, 0.15) is 0 Å². The number of aryl methyl sites for hydroxylation is 2. The highest BCUT2D eigenvalue weighted by molar-refractivity contribution is 9.10. The van der Waals surface area contributed by atoms with Crippen LogP contribution in [0.1, 0.15) is 54.6 Å². The molecule has 0 spiro atoms. The molecule has 0 heterocycles. The summed E-state index contributed by atoms with van der Waals surface area (Å²) in [4.78, 5) is 48.1. The number of esters is 2. The molecule has 0 aliphatic carbocycles. The second kappa shape index (κ2) is 13.6. The lowest BCUT2D eigenvalue weighted by molar-refractivity contribution is -0.147. The maximum Gasteiger partial charge on any atom is 0.338 e. The van der Waals surface area contributed by atoms with E-state index in [0.717, 1.165) is 15.6 Å². The predicted octanol–water partition coefficient (Wildman–Crippen LogP) is 5.17. The molecule has 2 rings (SSSR count). The fourth-order valence-corrected chi connectivity index (χ4v) is 3.41. The van der Waals surface area contributed by atoms with Crippen molar-refractivity contribution >= 4 is 51.1 Å². The van der Waals surface area contributed by atoms with Gasteiger partial charge in [-0.05, 0) is 73.7 Å². The van der Waals surface area contributed by atoms with Crippen molar-refractivity contribution in [1.82, 2.24) is 0 Å². The average Bonchev–Trinajstić information content (AvgIpc) is 2.80. The minimum absolute atomic E-state index is 0.0117. The van der Waals surface area contributed by atoms with Gasteiger partial charge in [0.05, 0.1) is 12.2 Å². The number of anilines is 2. The number of nitrogens with one attached hydrogen (secondary N) is 2. The van der Waals surface area contributed by atoms with Gasteiger partial charge in [0.2, 0.25) is 5.91 Å². The van der Waals surface area contributed by atoms with E-state index in [9.17, 15) is 19.2 Å². The first-order valence-electron chi connectivity index (χ1n) is 11.3. The van der Waals surface area contributed by atoms with Crippen LogP contribution in [-0.4, -0.2) is 37.0 Å². The van der Waals surface area contributed by atoms with E-state index >= 15 is 0 Å². The molecule has 0 radical (unpaired) electrons. The summed E-state index contributed by atoms with van der Waals surface area (Å²) >= 11 is 3.44. The third kappa shape index (κ3) is 9.90. The molecule has 2 amide bonds. The normalized spacial score (nSPS) is 10.6. The van der Waals surface area contributed by atoms with E-state index in [4.69, 9.17) is 9.47 Å². The second-order valence-corrected chi connectivity index (χ2v) is 9.45. The second-order valence-electron chi connectivity index (χ2n) is 8.60. The summed E-state index contributed by atoms with van der Waals surface area (Å²) in [5.74, 6) is -1.42. The van der Waals surface area contributed by atoms with Crippen LogP contribution in [0.15, 0.2) is 40.9 Å². The lowest BCUT2D eigenvalue weighted by atomic mass is 10.1. The molecule has 9 heteroatoms. The Hall–Kier alpha value is -3.20. The lowest BCUT2D eigenvalue weighted by Gasteiger charge is -2.11. The number of rotatable bonds is 11. The van der Waals surface area contributed by atoms with E-state index in [1.165, 1.54) is 0 Å². The van der Waals surface area contributed by atoms with Gasteiger partial charge in [-0.3, -0.25) is 14.4 Å². The quantitative estimate of drug-likeness (QED) is 0.376. The van der Waals surface area contributed by atoms with E-state index in [-0.39, 0.29) is 31.1 Å². The number of hydrogen-bond acceptors (Lipinski definition) is 6. The van der Waals surface area contributed by atoms with Crippen molar-refractivity contribution in [2.75, 3.05) is 23.8 Å². The largest absolute Gasteiger partial charge is 0.462 e.